The number of rotatable bonds is 3. The van der Waals surface area contributed by atoms with Crippen LogP contribution in [0.1, 0.15) is 37.9 Å². The Morgan fingerprint density at radius 1 is 1.53 bits per heavy atom. The maximum absolute atomic E-state index is 12.1. The van der Waals surface area contributed by atoms with Crippen molar-refractivity contribution in [3.05, 3.63) is 17.5 Å². The summed E-state index contributed by atoms with van der Waals surface area (Å²) < 4.78 is 0. The summed E-state index contributed by atoms with van der Waals surface area (Å²) in [5, 5.41) is 9.79. The van der Waals surface area contributed by atoms with Crippen LogP contribution >= 0.6 is 0 Å². The molecule has 1 aromatic rings. The van der Waals surface area contributed by atoms with Crippen molar-refractivity contribution >= 4 is 6.03 Å². The third-order valence-electron chi connectivity index (χ3n) is 4.13. The number of H-pyrrole nitrogens is 1. The third kappa shape index (κ3) is 3.49. The number of hydrogen-bond donors (Lipinski definition) is 2. The number of hydrogen-bond acceptors (Lipinski definition) is 2. The van der Waals surface area contributed by atoms with Crippen LogP contribution in [0.2, 0.25) is 0 Å². The molecule has 0 bridgehead atoms. The second-order valence-electron chi connectivity index (χ2n) is 5.75. The van der Waals surface area contributed by atoms with E-state index < -0.39 is 0 Å². The molecule has 1 aliphatic heterocycles. The Kier molecular flexibility index (Phi) is 4.45. The first-order valence-electron chi connectivity index (χ1n) is 7.09. The monoisotopic (exact) mass is 264 g/mol. The Bertz CT molecular complexity index is 419. The normalized spacial score (nSPS) is 16.9. The van der Waals surface area contributed by atoms with Gasteiger partial charge >= 0.3 is 6.03 Å². The topological polar surface area (TPSA) is 61.0 Å². The highest BCUT2D eigenvalue weighted by Gasteiger charge is 2.24. The molecule has 1 aromatic heterocycles. The second kappa shape index (κ2) is 6.08. The number of nitrogens with zero attached hydrogens (tertiary/aromatic N) is 2. The number of aromatic amines is 1. The number of nitrogens with one attached hydrogen (secondary N) is 2. The van der Waals surface area contributed by atoms with Gasteiger partial charge in [-0.2, -0.15) is 5.10 Å². The van der Waals surface area contributed by atoms with Gasteiger partial charge < -0.3 is 10.2 Å². The number of amides is 2. The lowest BCUT2D eigenvalue weighted by Crippen LogP contribution is -2.44. The van der Waals surface area contributed by atoms with E-state index in [1.165, 1.54) is 0 Å². The minimum absolute atomic E-state index is 0.0443. The number of urea groups is 1. The van der Waals surface area contributed by atoms with E-state index in [0.29, 0.717) is 6.54 Å². The van der Waals surface area contributed by atoms with Crippen LogP contribution in [0, 0.1) is 18.8 Å². The average Bonchev–Trinajstić information content (AvgIpc) is 2.81. The van der Waals surface area contributed by atoms with Crippen LogP contribution in [0.15, 0.2) is 6.20 Å². The summed E-state index contributed by atoms with van der Waals surface area (Å²) in [4.78, 5) is 14.0. The molecule has 5 heteroatoms. The van der Waals surface area contributed by atoms with Crippen LogP contribution in [0.4, 0.5) is 4.79 Å². The fourth-order valence-electron chi connectivity index (χ4n) is 2.61. The predicted octanol–water partition coefficient (Wildman–Crippen LogP) is 2.30. The molecule has 0 spiro atoms. The molecule has 0 unspecified atom stereocenters. The smallest absolute Gasteiger partial charge is 0.317 e. The van der Waals surface area contributed by atoms with Gasteiger partial charge in [-0.15, -0.1) is 0 Å². The maximum atomic E-state index is 12.1. The van der Waals surface area contributed by atoms with Crippen molar-refractivity contribution in [3.8, 4) is 0 Å². The first-order valence-corrected chi connectivity index (χ1v) is 7.09. The standard InChI is InChI=1S/C14H24N4O/c1-10(2)12-4-6-18(7-5-12)14(19)15-8-13-9-16-17-11(13)3/h9-10,12H,4-8H2,1-3H3,(H,15,19)(H,16,17). The first kappa shape index (κ1) is 13.9. The Labute approximate surface area is 114 Å². The number of aromatic nitrogens is 2. The van der Waals surface area contributed by atoms with Crippen LogP contribution in [-0.4, -0.2) is 34.2 Å². The summed E-state index contributed by atoms with van der Waals surface area (Å²) in [6, 6.07) is 0.0443. The van der Waals surface area contributed by atoms with E-state index in [0.717, 1.165) is 49.0 Å². The molecule has 1 aliphatic rings. The van der Waals surface area contributed by atoms with Gasteiger partial charge in [0, 0.05) is 30.9 Å². The lowest BCUT2D eigenvalue weighted by atomic mass is 9.87. The Morgan fingerprint density at radius 3 is 2.74 bits per heavy atom. The van der Waals surface area contributed by atoms with E-state index in [2.05, 4.69) is 29.4 Å². The van der Waals surface area contributed by atoms with E-state index in [1.807, 2.05) is 11.8 Å². The molecule has 0 radical (unpaired) electrons. The Morgan fingerprint density at radius 2 is 2.21 bits per heavy atom. The Balaban J connectivity index is 1.77. The molecule has 2 rings (SSSR count). The minimum Gasteiger partial charge on any atom is -0.334 e. The van der Waals surface area contributed by atoms with Crippen molar-refractivity contribution < 1.29 is 4.79 Å². The molecule has 5 nitrogen and oxygen atoms in total. The van der Waals surface area contributed by atoms with Crippen LogP contribution in [0.3, 0.4) is 0 Å². The fraction of sp³-hybridized carbons (Fsp3) is 0.714. The zero-order valence-corrected chi connectivity index (χ0v) is 12.1. The highest BCUT2D eigenvalue weighted by molar-refractivity contribution is 5.74. The summed E-state index contributed by atoms with van der Waals surface area (Å²) in [6.07, 6.45) is 4.01. The van der Waals surface area contributed by atoms with Crippen LogP contribution in [-0.2, 0) is 6.54 Å². The summed E-state index contributed by atoms with van der Waals surface area (Å²) in [5.41, 5.74) is 2.06. The molecule has 2 heterocycles. The highest BCUT2D eigenvalue weighted by Crippen LogP contribution is 2.24. The lowest BCUT2D eigenvalue weighted by Gasteiger charge is -2.33. The number of likely N-dealkylation sites (tertiary alicyclic amines) is 1. The lowest BCUT2D eigenvalue weighted by molar-refractivity contribution is 0.156. The van der Waals surface area contributed by atoms with E-state index in [9.17, 15) is 4.79 Å². The summed E-state index contributed by atoms with van der Waals surface area (Å²) >= 11 is 0. The van der Waals surface area contributed by atoms with Crippen molar-refractivity contribution in [3.63, 3.8) is 0 Å². The Hall–Kier alpha value is -1.52. The molecule has 2 N–H and O–H groups in total. The van der Waals surface area contributed by atoms with Gasteiger partial charge in [0.2, 0.25) is 0 Å². The molecule has 1 fully saturated rings. The molecular weight excluding hydrogens is 240 g/mol. The molecule has 106 valence electrons. The first-order chi connectivity index (χ1) is 9.08. The van der Waals surface area contributed by atoms with Gasteiger partial charge in [0.05, 0.1) is 6.20 Å². The van der Waals surface area contributed by atoms with E-state index in [-0.39, 0.29) is 6.03 Å². The van der Waals surface area contributed by atoms with Crippen LogP contribution in [0.5, 0.6) is 0 Å². The predicted molar refractivity (Wildman–Crippen MR) is 74.7 cm³/mol. The van der Waals surface area contributed by atoms with Gasteiger partial charge in [-0.3, -0.25) is 5.10 Å². The minimum atomic E-state index is 0.0443. The van der Waals surface area contributed by atoms with Crippen LogP contribution < -0.4 is 5.32 Å². The van der Waals surface area contributed by atoms with Gasteiger partial charge in [-0.1, -0.05) is 13.8 Å². The second-order valence-corrected chi connectivity index (χ2v) is 5.75. The largest absolute Gasteiger partial charge is 0.334 e. The molecular formula is C14H24N4O. The number of aryl methyl sites for hydroxylation is 1. The number of carbonyl (C=O) groups excluding carboxylic acids is 1. The third-order valence-corrected chi connectivity index (χ3v) is 4.13. The van der Waals surface area contributed by atoms with E-state index in [1.54, 1.807) is 6.20 Å². The molecule has 2 amide bonds. The SMILES string of the molecule is Cc1[nH]ncc1CNC(=O)N1CCC(C(C)C)CC1. The summed E-state index contributed by atoms with van der Waals surface area (Å²) in [7, 11) is 0. The summed E-state index contributed by atoms with van der Waals surface area (Å²) in [6.45, 7) is 8.79. The quantitative estimate of drug-likeness (QED) is 0.880. The molecule has 0 saturated carbocycles. The van der Waals surface area contributed by atoms with Gasteiger partial charge in [-0.25, -0.2) is 4.79 Å². The van der Waals surface area contributed by atoms with Gasteiger partial charge in [0.1, 0.15) is 0 Å². The molecule has 0 atom stereocenters. The fourth-order valence-corrected chi connectivity index (χ4v) is 2.61. The molecule has 0 aromatic carbocycles. The zero-order valence-electron chi connectivity index (χ0n) is 12.1. The van der Waals surface area contributed by atoms with Gasteiger partial charge in [0.15, 0.2) is 0 Å². The van der Waals surface area contributed by atoms with Gasteiger partial charge in [-0.05, 0) is 31.6 Å². The summed E-state index contributed by atoms with van der Waals surface area (Å²) in [5.74, 6) is 1.49. The highest BCUT2D eigenvalue weighted by atomic mass is 16.2. The van der Waals surface area contributed by atoms with Crippen molar-refractivity contribution in [2.45, 2.75) is 40.2 Å². The zero-order chi connectivity index (χ0) is 13.8. The molecule has 0 aliphatic carbocycles. The van der Waals surface area contributed by atoms with Crippen molar-refractivity contribution in [2.24, 2.45) is 11.8 Å². The van der Waals surface area contributed by atoms with E-state index >= 15 is 0 Å². The van der Waals surface area contributed by atoms with Crippen molar-refractivity contribution in [1.82, 2.24) is 20.4 Å². The van der Waals surface area contributed by atoms with Crippen LogP contribution in [0.25, 0.3) is 0 Å². The molecule has 1 saturated heterocycles. The number of carbonyl (C=O) groups is 1. The van der Waals surface area contributed by atoms with Gasteiger partial charge in [0.25, 0.3) is 0 Å². The van der Waals surface area contributed by atoms with Crippen molar-refractivity contribution in [2.75, 3.05) is 13.1 Å². The maximum Gasteiger partial charge on any atom is 0.317 e. The average molecular weight is 264 g/mol. The molecule has 19 heavy (non-hydrogen) atoms. The van der Waals surface area contributed by atoms with Crippen molar-refractivity contribution in [1.29, 1.82) is 0 Å². The van der Waals surface area contributed by atoms with E-state index in [4.69, 9.17) is 0 Å². The number of piperidine rings is 1.